The molecule has 0 aliphatic heterocycles. The fourth-order valence-electron chi connectivity index (χ4n) is 3.00. The Labute approximate surface area is 167 Å². The number of likely N-dealkylation sites (N-methyl/N-ethyl adjacent to an activating group) is 1. The number of fused-ring (bicyclic) bond motifs is 1. The molecule has 0 aliphatic carbocycles. The van der Waals surface area contributed by atoms with Crippen LogP contribution in [0.5, 0.6) is 11.5 Å². The van der Waals surface area contributed by atoms with Gasteiger partial charge in [0.1, 0.15) is 6.54 Å². The predicted molar refractivity (Wildman–Crippen MR) is 106 cm³/mol. The maximum Gasteiger partial charge on any atom is 0.420 e. The van der Waals surface area contributed by atoms with Gasteiger partial charge in [-0.3, -0.25) is 9.36 Å². The lowest BCUT2D eigenvalue weighted by molar-refractivity contribution is -0.132. The van der Waals surface area contributed by atoms with E-state index in [2.05, 4.69) is 0 Å². The van der Waals surface area contributed by atoms with E-state index in [1.165, 1.54) is 4.57 Å². The Morgan fingerprint density at radius 1 is 1.14 bits per heavy atom. The van der Waals surface area contributed by atoms with Crippen LogP contribution in [0, 0.1) is 0 Å². The molecule has 0 aliphatic rings. The van der Waals surface area contributed by atoms with Gasteiger partial charge in [-0.15, -0.1) is 0 Å². The molecule has 148 valence electrons. The van der Waals surface area contributed by atoms with Gasteiger partial charge < -0.3 is 18.8 Å². The minimum Gasteiger partial charge on any atom is -0.493 e. The summed E-state index contributed by atoms with van der Waals surface area (Å²) in [6.45, 7) is 2.64. The largest absolute Gasteiger partial charge is 0.493 e. The summed E-state index contributed by atoms with van der Waals surface area (Å²) < 4.78 is 17.1. The standard InChI is InChI=1S/C20H21ClN2O5/c1-4-22(11-13-5-8-16(26-2)18(9-13)27-3)19(24)12-23-15-7-6-14(21)10-17(15)28-20(23)25/h5-10H,4,11-12H2,1-3H3. The van der Waals surface area contributed by atoms with Crippen molar-refractivity contribution in [2.75, 3.05) is 20.8 Å². The normalized spacial score (nSPS) is 10.9. The van der Waals surface area contributed by atoms with Gasteiger partial charge in [-0.2, -0.15) is 0 Å². The molecule has 0 bridgehead atoms. The average Bonchev–Trinajstić information content (AvgIpc) is 2.99. The Morgan fingerprint density at radius 2 is 1.89 bits per heavy atom. The molecule has 0 unspecified atom stereocenters. The molecule has 1 amide bonds. The van der Waals surface area contributed by atoms with Crippen molar-refractivity contribution in [2.45, 2.75) is 20.0 Å². The van der Waals surface area contributed by atoms with Crippen LogP contribution >= 0.6 is 11.6 Å². The Kier molecular flexibility index (Phi) is 5.94. The highest BCUT2D eigenvalue weighted by atomic mass is 35.5. The summed E-state index contributed by atoms with van der Waals surface area (Å²) in [7, 11) is 3.13. The van der Waals surface area contributed by atoms with Crippen molar-refractivity contribution < 1.29 is 18.7 Å². The number of halogens is 1. The number of rotatable bonds is 7. The van der Waals surface area contributed by atoms with Gasteiger partial charge in [0.25, 0.3) is 0 Å². The smallest absolute Gasteiger partial charge is 0.420 e. The van der Waals surface area contributed by atoms with Crippen molar-refractivity contribution >= 4 is 28.6 Å². The third-order valence-corrected chi connectivity index (χ3v) is 4.71. The minimum absolute atomic E-state index is 0.116. The summed E-state index contributed by atoms with van der Waals surface area (Å²) in [6, 6.07) is 10.4. The second-order valence-corrected chi connectivity index (χ2v) is 6.60. The third-order valence-electron chi connectivity index (χ3n) is 4.48. The van der Waals surface area contributed by atoms with Crippen LogP contribution in [-0.2, 0) is 17.9 Å². The number of benzene rings is 2. The van der Waals surface area contributed by atoms with Crippen molar-refractivity contribution in [2.24, 2.45) is 0 Å². The molecule has 0 atom stereocenters. The molecular weight excluding hydrogens is 384 g/mol. The summed E-state index contributed by atoms with van der Waals surface area (Å²) >= 11 is 5.93. The molecule has 28 heavy (non-hydrogen) atoms. The van der Waals surface area contributed by atoms with Crippen molar-refractivity contribution in [3.05, 3.63) is 57.5 Å². The first-order chi connectivity index (χ1) is 13.5. The quantitative estimate of drug-likeness (QED) is 0.604. The summed E-state index contributed by atoms with van der Waals surface area (Å²) in [5.74, 6) is 0.429. The Hall–Kier alpha value is -2.93. The van der Waals surface area contributed by atoms with Crippen LogP contribution in [0.2, 0.25) is 5.02 Å². The monoisotopic (exact) mass is 404 g/mol. The lowest BCUT2D eigenvalue weighted by atomic mass is 10.2. The highest BCUT2D eigenvalue weighted by Crippen LogP contribution is 2.28. The van der Waals surface area contributed by atoms with E-state index in [9.17, 15) is 9.59 Å². The predicted octanol–water partition coefficient (Wildman–Crippen LogP) is 3.31. The fourth-order valence-corrected chi connectivity index (χ4v) is 3.16. The van der Waals surface area contributed by atoms with Crippen LogP contribution in [-0.4, -0.2) is 36.1 Å². The zero-order valence-electron chi connectivity index (χ0n) is 15.9. The molecule has 1 aromatic heterocycles. The van der Waals surface area contributed by atoms with E-state index in [1.54, 1.807) is 43.4 Å². The molecule has 1 heterocycles. The van der Waals surface area contributed by atoms with Gasteiger partial charge in [-0.25, -0.2) is 4.79 Å². The second kappa shape index (κ2) is 8.39. The first-order valence-electron chi connectivity index (χ1n) is 8.74. The number of nitrogens with zero attached hydrogens (tertiary/aromatic N) is 2. The molecule has 0 radical (unpaired) electrons. The van der Waals surface area contributed by atoms with Gasteiger partial charge >= 0.3 is 5.76 Å². The Balaban J connectivity index is 1.81. The summed E-state index contributed by atoms with van der Waals surface area (Å²) in [5, 5.41) is 0.461. The summed E-state index contributed by atoms with van der Waals surface area (Å²) in [6.07, 6.45) is 0. The van der Waals surface area contributed by atoms with Gasteiger partial charge in [0.2, 0.25) is 5.91 Å². The van der Waals surface area contributed by atoms with Gasteiger partial charge in [0, 0.05) is 24.2 Å². The molecule has 7 nitrogen and oxygen atoms in total. The molecule has 0 spiro atoms. The lowest BCUT2D eigenvalue weighted by Gasteiger charge is -2.21. The van der Waals surface area contributed by atoms with Crippen molar-refractivity contribution in [3.63, 3.8) is 0 Å². The molecule has 0 fully saturated rings. The molecule has 8 heteroatoms. The van der Waals surface area contributed by atoms with E-state index in [0.717, 1.165) is 5.56 Å². The van der Waals surface area contributed by atoms with Crippen LogP contribution in [0.25, 0.3) is 11.1 Å². The average molecular weight is 405 g/mol. The van der Waals surface area contributed by atoms with E-state index in [4.69, 9.17) is 25.5 Å². The van der Waals surface area contributed by atoms with Crippen LogP contribution in [0.4, 0.5) is 0 Å². The zero-order chi connectivity index (χ0) is 20.3. The Bertz CT molecular complexity index is 1060. The number of carbonyl (C=O) groups is 1. The van der Waals surface area contributed by atoms with E-state index >= 15 is 0 Å². The number of amides is 1. The summed E-state index contributed by atoms with van der Waals surface area (Å²) in [5.41, 5.74) is 1.78. The van der Waals surface area contributed by atoms with Crippen LogP contribution < -0.4 is 15.2 Å². The molecule has 2 aromatic carbocycles. The first-order valence-corrected chi connectivity index (χ1v) is 9.12. The number of carbonyl (C=O) groups excluding carboxylic acids is 1. The number of aromatic nitrogens is 1. The highest BCUT2D eigenvalue weighted by molar-refractivity contribution is 6.31. The van der Waals surface area contributed by atoms with Gasteiger partial charge in [0.05, 0.1) is 19.7 Å². The molecule has 3 rings (SSSR count). The second-order valence-electron chi connectivity index (χ2n) is 6.16. The van der Waals surface area contributed by atoms with E-state index in [-0.39, 0.29) is 12.5 Å². The van der Waals surface area contributed by atoms with Crippen molar-refractivity contribution in [1.82, 2.24) is 9.47 Å². The Morgan fingerprint density at radius 3 is 2.57 bits per heavy atom. The number of ether oxygens (including phenoxy) is 2. The van der Waals surface area contributed by atoms with Gasteiger partial charge in [-0.05, 0) is 36.8 Å². The maximum atomic E-state index is 12.8. The highest BCUT2D eigenvalue weighted by Gasteiger charge is 2.18. The van der Waals surface area contributed by atoms with Crippen LogP contribution in [0.1, 0.15) is 12.5 Å². The topological polar surface area (TPSA) is 73.9 Å². The third kappa shape index (κ3) is 3.99. The number of oxazole rings is 1. The molecule has 0 N–H and O–H groups in total. The SMILES string of the molecule is CCN(Cc1ccc(OC)c(OC)c1)C(=O)Cn1c(=O)oc2cc(Cl)ccc21. The van der Waals surface area contributed by atoms with Crippen LogP contribution in [0.15, 0.2) is 45.6 Å². The minimum atomic E-state index is -0.590. The van der Waals surface area contributed by atoms with E-state index in [1.807, 2.05) is 19.1 Å². The molecule has 0 saturated carbocycles. The maximum absolute atomic E-state index is 12.8. The number of hydrogen-bond acceptors (Lipinski definition) is 5. The first kappa shape index (κ1) is 19.8. The number of methoxy groups -OCH3 is 2. The van der Waals surface area contributed by atoms with Crippen molar-refractivity contribution in [1.29, 1.82) is 0 Å². The van der Waals surface area contributed by atoms with E-state index in [0.29, 0.717) is 40.7 Å². The molecule has 0 saturated heterocycles. The van der Waals surface area contributed by atoms with Crippen LogP contribution in [0.3, 0.4) is 0 Å². The molecule has 3 aromatic rings. The number of hydrogen-bond donors (Lipinski definition) is 0. The zero-order valence-corrected chi connectivity index (χ0v) is 16.7. The van der Waals surface area contributed by atoms with Gasteiger partial charge in [0.15, 0.2) is 17.1 Å². The lowest BCUT2D eigenvalue weighted by Crippen LogP contribution is -2.35. The van der Waals surface area contributed by atoms with E-state index < -0.39 is 5.76 Å². The molecular formula is C20H21ClN2O5. The fraction of sp³-hybridized carbons (Fsp3) is 0.300. The summed E-state index contributed by atoms with van der Waals surface area (Å²) in [4.78, 5) is 26.6. The van der Waals surface area contributed by atoms with Gasteiger partial charge in [-0.1, -0.05) is 17.7 Å². The van der Waals surface area contributed by atoms with Crippen molar-refractivity contribution in [3.8, 4) is 11.5 Å².